The number of carbonyl (C=O) groups excluding carboxylic acids is 1. The molecule has 2 atom stereocenters. The Balaban J connectivity index is 2.00. The molecule has 8 heteroatoms. The second kappa shape index (κ2) is 6.66. The van der Waals surface area contributed by atoms with Crippen LogP contribution < -0.4 is 10.6 Å². The third-order valence-corrected chi connectivity index (χ3v) is 3.31. The van der Waals surface area contributed by atoms with Crippen LogP contribution in [-0.2, 0) is 4.79 Å². The fraction of sp³-hybridized carbons (Fsp3) is 0.692. The summed E-state index contributed by atoms with van der Waals surface area (Å²) in [6.45, 7) is 4.66. The largest absolute Gasteiger partial charge is 0.480 e. The molecule has 0 radical (unpaired) electrons. The Bertz CT molecular complexity index is 508. The van der Waals surface area contributed by atoms with Gasteiger partial charge in [0.05, 0.1) is 6.04 Å². The molecule has 2 rings (SSSR count). The second-order valence-corrected chi connectivity index (χ2v) is 5.60. The van der Waals surface area contributed by atoms with Crippen molar-refractivity contribution in [3.05, 3.63) is 11.7 Å². The van der Waals surface area contributed by atoms with Crippen molar-refractivity contribution in [1.82, 2.24) is 20.8 Å². The number of aromatic nitrogens is 2. The third-order valence-electron chi connectivity index (χ3n) is 3.31. The molecule has 0 aliphatic carbocycles. The molecule has 2 heterocycles. The second-order valence-electron chi connectivity index (χ2n) is 5.60. The van der Waals surface area contributed by atoms with E-state index in [0.29, 0.717) is 12.3 Å². The van der Waals surface area contributed by atoms with Crippen molar-refractivity contribution in [2.45, 2.75) is 45.2 Å². The molecule has 116 valence electrons. The van der Waals surface area contributed by atoms with E-state index in [4.69, 9.17) is 9.63 Å². The molecule has 0 spiro atoms. The maximum absolute atomic E-state index is 12.0. The summed E-state index contributed by atoms with van der Waals surface area (Å²) in [7, 11) is 0. The number of carboxylic acids is 1. The molecule has 1 saturated heterocycles. The van der Waals surface area contributed by atoms with Crippen LogP contribution in [0.1, 0.15) is 55.7 Å². The number of hydrogen-bond donors (Lipinski definition) is 3. The van der Waals surface area contributed by atoms with E-state index in [0.717, 1.165) is 19.4 Å². The Labute approximate surface area is 122 Å². The molecule has 8 nitrogen and oxygen atoms in total. The SMILES string of the molecule is CC(C)C[C@@H](NC(=O)c1noc(C2CCCN2)n1)C(=O)O. The summed E-state index contributed by atoms with van der Waals surface area (Å²) in [5.74, 6) is -1.31. The minimum absolute atomic E-state index is 0.0232. The minimum atomic E-state index is -1.07. The maximum Gasteiger partial charge on any atom is 0.326 e. The molecule has 0 aromatic carbocycles. The van der Waals surface area contributed by atoms with E-state index in [2.05, 4.69) is 20.8 Å². The van der Waals surface area contributed by atoms with Crippen LogP contribution in [0.2, 0.25) is 0 Å². The number of aliphatic carboxylic acids is 1. The van der Waals surface area contributed by atoms with Gasteiger partial charge in [-0.2, -0.15) is 4.98 Å². The van der Waals surface area contributed by atoms with Crippen LogP contribution in [0.5, 0.6) is 0 Å². The lowest BCUT2D eigenvalue weighted by Gasteiger charge is -2.15. The third kappa shape index (κ3) is 4.01. The molecule has 1 fully saturated rings. The Kier molecular flexibility index (Phi) is 4.89. The smallest absolute Gasteiger partial charge is 0.326 e. The molecule has 1 unspecified atom stereocenters. The van der Waals surface area contributed by atoms with Crippen LogP contribution >= 0.6 is 0 Å². The van der Waals surface area contributed by atoms with Gasteiger partial charge in [-0.15, -0.1) is 0 Å². The standard InChI is InChI=1S/C13H20N4O4/c1-7(2)6-9(13(19)20)15-11(18)10-16-12(21-17-10)8-4-3-5-14-8/h7-9,14H,3-6H2,1-2H3,(H,15,18)(H,19,20)/t8?,9-/m1/s1. The Morgan fingerprint density at radius 2 is 2.29 bits per heavy atom. The lowest BCUT2D eigenvalue weighted by Crippen LogP contribution is -2.42. The predicted molar refractivity (Wildman–Crippen MR) is 72.6 cm³/mol. The summed E-state index contributed by atoms with van der Waals surface area (Å²) in [5, 5.41) is 18.3. The first-order chi connectivity index (χ1) is 9.97. The molecule has 3 N–H and O–H groups in total. The normalized spacial score (nSPS) is 19.7. The highest BCUT2D eigenvalue weighted by Crippen LogP contribution is 2.21. The molecule has 1 amide bonds. The Hall–Kier alpha value is -1.96. The number of nitrogens with one attached hydrogen (secondary N) is 2. The lowest BCUT2D eigenvalue weighted by molar-refractivity contribution is -0.139. The fourth-order valence-corrected chi connectivity index (χ4v) is 2.28. The summed E-state index contributed by atoms with van der Waals surface area (Å²) in [4.78, 5) is 27.2. The zero-order valence-electron chi connectivity index (χ0n) is 12.1. The maximum atomic E-state index is 12.0. The lowest BCUT2D eigenvalue weighted by atomic mass is 10.0. The van der Waals surface area contributed by atoms with E-state index >= 15 is 0 Å². The quantitative estimate of drug-likeness (QED) is 0.708. The van der Waals surface area contributed by atoms with E-state index < -0.39 is 17.9 Å². The van der Waals surface area contributed by atoms with Gasteiger partial charge in [-0.25, -0.2) is 4.79 Å². The monoisotopic (exact) mass is 296 g/mol. The summed E-state index contributed by atoms with van der Waals surface area (Å²) in [5.41, 5.74) is 0. The molecular weight excluding hydrogens is 276 g/mol. The van der Waals surface area contributed by atoms with Gasteiger partial charge >= 0.3 is 5.97 Å². The molecular formula is C13H20N4O4. The van der Waals surface area contributed by atoms with Crippen molar-refractivity contribution >= 4 is 11.9 Å². The van der Waals surface area contributed by atoms with E-state index in [1.54, 1.807) is 0 Å². The van der Waals surface area contributed by atoms with E-state index in [9.17, 15) is 9.59 Å². The highest BCUT2D eigenvalue weighted by Gasteiger charge is 2.27. The van der Waals surface area contributed by atoms with Crippen LogP contribution in [0, 0.1) is 5.92 Å². The van der Waals surface area contributed by atoms with Crippen molar-refractivity contribution in [2.24, 2.45) is 5.92 Å². The first-order valence-corrected chi connectivity index (χ1v) is 7.08. The van der Waals surface area contributed by atoms with Gasteiger partial charge < -0.3 is 20.3 Å². The van der Waals surface area contributed by atoms with Gasteiger partial charge in [0.1, 0.15) is 6.04 Å². The summed E-state index contributed by atoms with van der Waals surface area (Å²) >= 11 is 0. The van der Waals surface area contributed by atoms with Gasteiger partial charge in [0.25, 0.3) is 11.7 Å². The average Bonchev–Trinajstić information content (AvgIpc) is 3.08. The van der Waals surface area contributed by atoms with Crippen LogP contribution in [0.15, 0.2) is 4.52 Å². The van der Waals surface area contributed by atoms with Crippen LogP contribution in [0.4, 0.5) is 0 Å². The van der Waals surface area contributed by atoms with Gasteiger partial charge in [-0.05, 0) is 31.7 Å². The van der Waals surface area contributed by atoms with Gasteiger partial charge in [0, 0.05) is 0 Å². The van der Waals surface area contributed by atoms with Crippen molar-refractivity contribution in [3.63, 3.8) is 0 Å². The Morgan fingerprint density at radius 3 is 2.86 bits per heavy atom. The summed E-state index contributed by atoms with van der Waals surface area (Å²) in [6, 6.07) is -0.978. The molecule has 1 aliphatic heterocycles. The van der Waals surface area contributed by atoms with Crippen LogP contribution in [0.3, 0.4) is 0 Å². The molecule has 1 aromatic rings. The number of rotatable bonds is 6. The topological polar surface area (TPSA) is 117 Å². The number of carbonyl (C=O) groups is 2. The fourth-order valence-electron chi connectivity index (χ4n) is 2.28. The van der Waals surface area contributed by atoms with Crippen molar-refractivity contribution < 1.29 is 19.2 Å². The molecule has 1 aliphatic rings. The Morgan fingerprint density at radius 1 is 1.52 bits per heavy atom. The van der Waals surface area contributed by atoms with Crippen molar-refractivity contribution in [1.29, 1.82) is 0 Å². The number of carboxylic acid groups (broad SMARTS) is 1. The molecule has 0 bridgehead atoms. The summed E-state index contributed by atoms with van der Waals surface area (Å²) in [6.07, 6.45) is 2.24. The van der Waals surface area contributed by atoms with Crippen LogP contribution in [-0.4, -0.2) is 39.7 Å². The molecule has 1 aromatic heterocycles. The first kappa shape index (κ1) is 15.4. The number of hydrogen-bond acceptors (Lipinski definition) is 6. The van der Waals surface area contributed by atoms with Gasteiger partial charge in [0.15, 0.2) is 0 Å². The van der Waals surface area contributed by atoms with Crippen molar-refractivity contribution in [3.8, 4) is 0 Å². The predicted octanol–water partition coefficient (Wildman–Crippen LogP) is 0.723. The number of amides is 1. The molecule has 21 heavy (non-hydrogen) atoms. The molecule has 0 saturated carbocycles. The zero-order chi connectivity index (χ0) is 15.4. The van der Waals surface area contributed by atoms with E-state index in [1.807, 2.05) is 13.8 Å². The minimum Gasteiger partial charge on any atom is -0.480 e. The van der Waals surface area contributed by atoms with Gasteiger partial charge in [-0.1, -0.05) is 19.0 Å². The van der Waals surface area contributed by atoms with Crippen molar-refractivity contribution in [2.75, 3.05) is 6.54 Å². The highest BCUT2D eigenvalue weighted by atomic mass is 16.5. The average molecular weight is 296 g/mol. The van der Waals surface area contributed by atoms with Gasteiger partial charge in [-0.3, -0.25) is 4.79 Å². The first-order valence-electron chi connectivity index (χ1n) is 7.08. The number of nitrogens with zero attached hydrogens (tertiary/aromatic N) is 2. The van der Waals surface area contributed by atoms with E-state index in [1.165, 1.54) is 0 Å². The van der Waals surface area contributed by atoms with E-state index in [-0.39, 0.29) is 17.8 Å². The van der Waals surface area contributed by atoms with Gasteiger partial charge in [0.2, 0.25) is 5.89 Å². The highest BCUT2D eigenvalue weighted by molar-refractivity contribution is 5.93. The summed E-state index contributed by atoms with van der Waals surface area (Å²) < 4.78 is 5.06. The zero-order valence-corrected chi connectivity index (χ0v) is 12.1. The van der Waals surface area contributed by atoms with Crippen LogP contribution in [0.25, 0.3) is 0 Å².